The van der Waals surface area contributed by atoms with Crippen LogP contribution in [0.15, 0.2) is 6.20 Å². The Balaban J connectivity index is 1.73. The van der Waals surface area contributed by atoms with Crippen LogP contribution < -0.4 is 5.32 Å². The molecule has 1 saturated carbocycles. The highest BCUT2D eigenvalue weighted by atomic mass is 35.5. The van der Waals surface area contributed by atoms with Crippen LogP contribution in [-0.4, -0.2) is 21.4 Å². The molecule has 5 heteroatoms. The van der Waals surface area contributed by atoms with E-state index >= 15 is 0 Å². The third-order valence-electron chi connectivity index (χ3n) is 3.69. The van der Waals surface area contributed by atoms with Gasteiger partial charge < -0.3 is 0 Å². The summed E-state index contributed by atoms with van der Waals surface area (Å²) in [5.41, 5.74) is 0.638. The van der Waals surface area contributed by atoms with Crippen LogP contribution >= 0.6 is 11.6 Å². The molecule has 1 aliphatic carbocycles. The van der Waals surface area contributed by atoms with Gasteiger partial charge in [0.25, 0.3) is 0 Å². The van der Waals surface area contributed by atoms with Gasteiger partial charge in [0.1, 0.15) is 5.54 Å². The average Bonchev–Trinajstić information content (AvgIpc) is 3.14. The first-order valence-electron chi connectivity index (χ1n) is 6.91. The van der Waals surface area contributed by atoms with Crippen LogP contribution in [0.1, 0.15) is 44.7 Å². The fraction of sp³-hybridized carbons (Fsp3) is 0.714. The smallest absolute Gasteiger partial charge is 0.104 e. The zero-order valence-corrected chi connectivity index (χ0v) is 12.4. The van der Waals surface area contributed by atoms with E-state index in [4.69, 9.17) is 11.6 Å². The highest BCUT2D eigenvalue weighted by Gasteiger charge is 2.31. The number of halogens is 1. The summed E-state index contributed by atoms with van der Waals surface area (Å²) in [5, 5.41) is 17.7. The summed E-state index contributed by atoms with van der Waals surface area (Å²) >= 11 is 5.97. The Labute approximate surface area is 119 Å². The van der Waals surface area contributed by atoms with Gasteiger partial charge in [0.2, 0.25) is 0 Å². The highest BCUT2D eigenvalue weighted by Crippen LogP contribution is 2.25. The van der Waals surface area contributed by atoms with Crippen molar-refractivity contribution in [1.29, 1.82) is 5.26 Å². The van der Waals surface area contributed by atoms with Crippen molar-refractivity contribution in [3.05, 3.63) is 16.9 Å². The monoisotopic (exact) mass is 280 g/mol. The molecule has 0 aromatic carbocycles. The lowest BCUT2D eigenvalue weighted by atomic mass is 9.96. The molecule has 0 bridgehead atoms. The molecular formula is C14H21ClN4. The minimum Gasteiger partial charge on any atom is -0.297 e. The number of aryl methyl sites for hydroxylation is 1. The first kappa shape index (κ1) is 14.4. The normalized spacial score (nSPS) is 18.0. The van der Waals surface area contributed by atoms with Gasteiger partial charge >= 0.3 is 0 Å². The summed E-state index contributed by atoms with van der Waals surface area (Å²) in [4.78, 5) is 0. The minimum atomic E-state index is -0.377. The van der Waals surface area contributed by atoms with Crippen LogP contribution in [-0.2, 0) is 6.54 Å². The molecule has 1 heterocycles. The molecule has 1 N–H and O–H groups in total. The largest absolute Gasteiger partial charge is 0.297 e. The molecule has 1 aromatic rings. The van der Waals surface area contributed by atoms with Crippen LogP contribution in [0.4, 0.5) is 0 Å². The highest BCUT2D eigenvalue weighted by molar-refractivity contribution is 6.31. The van der Waals surface area contributed by atoms with Gasteiger partial charge in [-0.1, -0.05) is 11.6 Å². The van der Waals surface area contributed by atoms with E-state index in [1.54, 1.807) is 6.20 Å². The summed E-state index contributed by atoms with van der Waals surface area (Å²) in [6.45, 7) is 4.84. The summed E-state index contributed by atoms with van der Waals surface area (Å²) in [7, 11) is 0. The van der Waals surface area contributed by atoms with E-state index in [1.807, 2.05) is 18.5 Å². The van der Waals surface area contributed by atoms with Gasteiger partial charge in [-0.05, 0) is 46.0 Å². The van der Waals surface area contributed by atoms with Gasteiger partial charge in [-0.25, -0.2) is 0 Å². The minimum absolute atomic E-state index is 0.377. The number of rotatable bonds is 7. The van der Waals surface area contributed by atoms with E-state index in [0.29, 0.717) is 6.04 Å². The second-order valence-corrected chi connectivity index (χ2v) is 6.03. The number of nitriles is 1. The Morgan fingerprint density at radius 3 is 2.84 bits per heavy atom. The molecule has 0 radical (unpaired) electrons. The lowest BCUT2D eigenvalue weighted by molar-refractivity contribution is 0.389. The van der Waals surface area contributed by atoms with Crippen LogP contribution in [0.25, 0.3) is 0 Å². The van der Waals surface area contributed by atoms with E-state index in [-0.39, 0.29) is 5.54 Å². The molecule has 0 amide bonds. The molecule has 1 aromatic heterocycles. The third kappa shape index (κ3) is 3.95. The standard InChI is InChI=1S/C14H21ClN4/c1-11-13(15)9-17-19(11)8-4-3-7-14(2,10-16)18-12-5-6-12/h9,12,18H,3-8H2,1-2H3. The van der Waals surface area contributed by atoms with Gasteiger partial charge in [0.15, 0.2) is 0 Å². The maximum Gasteiger partial charge on any atom is 0.104 e. The molecule has 2 rings (SSSR count). The number of hydrogen-bond donors (Lipinski definition) is 1. The Morgan fingerprint density at radius 2 is 2.32 bits per heavy atom. The lowest BCUT2D eigenvalue weighted by Gasteiger charge is -2.23. The first-order valence-corrected chi connectivity index (χ1v) is 7.29. The Bertz CT molecular complexity index is 472. The van der Waals surface area contributed by atoms with Gasteiger partial charge in [-0.3, -0.25) is 10.00 Å². The molecule has 1 unspecified atom stereocenters. The van der Waals surface area contributed by atoms with Crippen molar-refractivity contribution in [3.8, 4) is 6.07 Å². The zero-order chi connectivity index (χ0) is 13.9. The van der Waals surface area contributed by atoms with Crippen LogP contribution in [0.3, 0.4) is 0 Å². The topological polar surface area (TPSA) is 53.6 Å². The van der Waals surface area contributed by atoms with Gasteiger partial charge in [-0.15, -0.1) is 0 Å². The summed E-state index contributed by atoms with van der Waals surface area (Å²) < 4.78 is 1.93. The van der Waals surface area contributed by atoms with Gasteiger partial charge in [0.05, 0.1) is 23.0 Å². The average molecular weight is 281 g/mol. The Kier molecular flexibility index (Phi) is 4.49. The molecule has 0 aliphatic heterocycles. The molecular weight excluding hydrogens is 260 g/mol. The molecule has 0 spiro atoms. The van der Waals surface area contributed by atoms with Crippen molar-refractivity contribution in [1.82, 2.24) is 15.1 Å². The molecule has 1 fully saturated rings. The maximum absolute atomic E-state index is 9.28. The number of unbranched alkanes of at least 4 members (excludes halogenated alkanes) is 1. The van der Waals surface area contributed by atoms with Crippen molar-refractivity contribution in [2.24, 2.45) is 0 Å². The number of nitrogens with zero attached hydrogens (tertiary/aromatic N) is 3. The quantitative estimate of drug-likeness (QED) is 0.781. The van der Waals surface area contributed by atoms with E-state index in [1.165, 1.54) is 12.8 Å². The van der Waals surface area contributed by atoms with Gasteiger partial charge in [-0.2, -0.15) is 10.4 Å². The molecule has 4 nitrogen and oxygen atoms in total. The van der Waals surface area contributed by atoms with E-state index in [9.17, 15) is 5.26 Å². The molecule has 1 aliphatic rings. The number of aromatic nitrogens is 2. The first-order chi connectivity index (χ1) is 9.04. The second kappa shape index (κ2) is 5.94. The SMILES string of the molecule is Cc1c(Cl)cnn1CCCCC(C)(C#N)NC1CC1. The second-order valence-electron chi connectivity index (χ2n) is 5.62. The Morgan fingerprint density at radius 1 is 1.58 bits per heavy atom. The van der Waals surface area contributed by atoms with Crippen molar-refractivity contribution >= 4 is 11.6 Å². The van der Waals surface area contributed by atoms with Gasteiger partial charge in [0, 0.05) is 12.6 Å². The van der Waals surface area contributed by atoms with Crippen LogP contribution in [0.5, 0.6) is 0 Å². The van der Waals surface area contributed by atoms with Crippen molar-refractivity contribution in [2.45, 2.75) is 64.1 Å². The molecule has 104 valence electrons. The van der Waals surface area contributed by atoms with E-state index < -0.39 is 0 Å². The molecule has 1 atom stereocenters. The zero-order valence-electron chi connectivity index (χ0n) is 11.6. The predicted molar refractivity (Wildman–Crippen MR) is 76.0 cm³/mol. The van der Waals surface area contributed by atoms with Crippen LogP contribution in [0.2, 0.25) is 5.02 Å². The maximum atomic E-state index is 9.28. The molecule has 0 saturated heterocycles. The summed E-state index contributed by atoms with van der Waals surface area (Å²) in [6, 6.07) is 2.98. The van der Waals surface area contributed by atoms with Crippen molar-refractivity contribution in [3.63, 3.8) is 0 Å². The number of nitrogens with one attached hydrogen (secondary N) is 1. The lowest BCUT2D eigenvalue weighted by Crippen LogP contribution is -2.42. The van der Waals surface area contributed by atoms with E-state index in [0.717, 1.165) is 36.5 Å². The fourth-order valence-electron chi connectivity index (χ4n) is 2.23. The van der Waals surface area contributed by atoms with Crippen molar-refractivity contribution < 1.29 is 0 Å². The van der Waals surface area contributed by atoms with Crippen molar-refractivity contribution in [2.75, 3.05) is 0 Å². The number of hydrogen-bond acceptors (Lipinski definition) is 3. The fourth-order valence-corrected chi connectivity index (χ4v) is 2.37. The van der Waals surface area contributed by atoms with Crippen LogP contribution in [0, 0.1) is 18.3 Å². The Hall–Kier alpha value is -1.05. The summed E-state index contributed by atoms with van der Waals surface area (Å²) in [6.07, 6.45) is 7.02. The summed E-state index contributed by atoms with van der Waals surface area (Å²) in [5.74, 6) is 0. The predicted octanol–water partition coefficient (Wildman–Crippen LogP) is 3.05. The third-order valence-corrected chi connectivity index (χ3v) is 4.06. The molecule has 19 heavy (non-hydrogen) atoms. The van der Waals surface area contributed by atoms with E-state index in [2.05, 4.69) is 16.5 Å².